The highest BCUT2D eigenvalue weighted by Crippen LogP contribution is 2.24. The monoisotopic (exact) mass is 191 g/mol. The molecule has 0 aliphatic heterocycles. The zero-order chi connectivity index (χ0) is 9.80. The predicted molar refractivity (Wildman–Crippen MR) is 56.9 cm³/mol. The first-order valence-electron chi connectivity index (χ1n) is 5.27. The summed E-state index contributed by atoms with van der Waals surface area (Å²) >= 11 is 0. The smallest absolute Gasteiger partial charge is 0.0572 e. The average molecular weight is 191 g/mol. The minimum Gasteiger partial charge on any atom is -0.305 e. The quantitative estimate of drug-likeness (QED) is 0.740. The molecule has 0 saturated carbocycles. The summed E-state index contributed by atoms with van der Waals surface area (Å²) in [5.41, 5.74) is 7.39. The van der Waals surface area contributed by atoms with Crippen LogP contribution in [-0.4, -0.2) is 7.11 Å². The van der Waals surface area contributed by atoms with Crippen LogP contribution in [0.5, 0.6) is 0 Å². The molecule has 0 atom stereocenters. The van der Waals surface area contributed by atoms with Gasteiger partial charge in [0.1, 0.15) is 0 Å². The molecular formula is C12H17NO. The van der Waals surface area contributed by atoms with Crippen molar-refractivity contribution in [2.45, 2.75) is 32.2 Å². The van der Waals surface area contributed by atoms with E-state index in [0.29, 0.717) is 0 Å². The second kappa shape index (κ2) is 4.58. The van der Waals surface area contributed by atoms with Crippen LogP contribution >= 0.6 is 0 Å². The summed E-state index contributed by atoms with van der Waals surface area (Å²) in [6, 6.07) is 6.60. The molecule has 1 aromatic rings. The minimum absolute atomic E-state index is 0.819. The third-order valence-corrected chi connectivity index (χ3v) is 2.90. The molecule has 1 aliphatic rings. The van der Waals surface area contributed by atoms with E-state index in [-0.39, 0.29) is 0 Å². The van der Waals surface area contributed by atoms with Crippen LogP contribution in [0.1, 0.15) is 29.5 Å². The Labute approximate surface area is 85.2 Å². The number of hydroxylamine groups is 1. The van der Waals surface area contributed by atoms with E-state index < -0.39 is 0 Å². The molecule has 0 spiro atoms. The largest absolute Gasteiger partial charge is 0.305 e. The van der Waals surface area contributed by atoms with Gasteiger partial charge in [0.2, 0.25) is 0 Å². The van der Waals surface area contributed by atoms with E-state index in [2.05, 4.69) is 23.7 Å². The van der Waals surface area contributed by atoms with Crippen LogP contribution in [-0.2, 0) is 24.2 Å². The van der Waals surface area contributed by atoms with Crippen molar-refractivity contribution in [1.82, 2.24) is 5.48 Å². The number of rotatable bonds is 3. The third-order valence-electron chi connectivity index (χ3n) is 2.90. The number of benzene rings is 1. The van der Waals surface area contributed by atoms with Crippen LogP contribution in [0.2, 0.25) is 0 Å². The Hall–Kier alpha value is -0.860. The molecule has 2 heteroatoms. The fourth-order valence-electron chi connectivity index (χ4n) is 2.18. The highest BCUT2D eigenvalue weighted by molar-refractivity contribution is 5.36. The van der Waals surface area contributed by atoms with Gasteiger partial charge in [-0.1, -0.05) is 18.2 Å². The van der Waals surface area contributed by atoms with Crippen molar-refractivity contribution in [3.05, 3.63) is 34.9 Å². The molecule has 76 valence electrons. The summed E-state index contributed by atoms with van der Waals surface area (Å²) < 4.78 is 0. The topological polar surface area (TPSA) is 21.3 Å². The van der Waals surface area contributed by atoms with Gasteiger partial charge in [0.05, 0.1) is 7.11 Å². The molecule has 0 bridgehead atoms. The fraction of sp³-hybridized carbons (Fsp3) is 0.500. The van der Waals surface area contributed by atoms with Gasteiger partial charge in [0.25, 0.3) is 0 Å². The first-order chi connectivity index (χ1) is 6.92. The summed E-state index contributed by atoms with van der Waals surface area (Å²) in [4.78, 5) is 4.89. The minimum atomic E-state index is 0.819. The first-order valence-corrected chi connectivity index (χ1v) is 5.27. The Kier molecular flexibility index (Phi) is 3.17. The van der Waals surface area contributed by atoms with Gasteiger partial charge in [0, 0.05) is 6.54 Å². The molecule has 2 nitrogen and oxygen atoms in total. The maximum Gasteiger partial charge on any atom is 0.0572 e. The van der Waals surface area contributed by atoms with E-state index >= 15 is 0 Å². The molecule has 1 aromatic carbocycles. The molecule has 1 aliphatic carbocycles. The molecule has 0 heterocycles. The maximum absolute atomic E-state index is 4.89. The summed E-state index contributed by atoms with van der Waals surface area (Å²) in [7, 11) is 1.66. The Morgan fingerprint density at radius 2 is 2.14 bits per heavy atom. The number of hydrogen-bond donors (Lipinski definition) is 1. The van der Waals surface area contributed by atoms with Gasteiger partial charge < -0.3 is 4.84 Å². The van der Waals surface area contributed by atoms with Gasteiger partial charge in [-0.2, -0.15) is 5.48 Å². The molecule has 0 saturated heterocycles. The molecule has 2 rings (SSSR count). The lowest BCUT2D eigenvalue weighted by Gasteiger charge is -2.19. The van der Waals surface area contributed by atoms with Gasteiger partial charge >= 0.3 is 0 Å². The first kappa shape index (κ1) is 9.69. The summed E-state index contributed by atoms with van der Waals surface area (Å²) in [5.74, 6) is 0. The van der Waals surface area contributed by atoms with Gasteiger partial charge in [-0.25, -0.2) is 0 Å². The van der Waals surface area contributed by atoms with E-state index in [1.165, 1.54) is 36.8 Å². The van der Waals surface area contributed by atoms with E-state index in [4.69, 9.17) is 4.84 Å². The molecule has 0 amide bonds. The Morgan fingerprint density at radius 3 is 3.00 bits per heavy atom. The highest BCUT2D eigenvalue weighted by atomic mass is 16.6. The van der Waals surface area contributed by atoms with Gasteiger partial charge in [-0.3, -0.25) is 0 Å². The lowest BCUT2D eigenvalue weighted by atomic mass is 9.88. The maximum atomic E-state index is 4.89. The standard InChI is InChI=1S/C12H17NO/c1-14-13-9-11-7-4-6-10-5-2-3-8-12(10)11/h4,6-7,13H,2-3,5,8-9H2,1H3. The lowest BCUT2D eigenvalue weighted by Crippen LogP contribution is -2.14. The molecule has 0 fully saturated rings. The summed E-state index contributed by atoms with van der Waals surface area (Å²) in [6.07, 6.45) is 5.15. The van der Waals surface area contributed by atoms with Crippen molar-refractivity contribution in [3.63, 3.8) is 0 Å². The fourth-order valence-corrected chi connectivity index (χ4v) is 2.18. The molecule has 1 N–H and O–H groups in total. The Morgan fingerprint density at radius 1 is 1.29 bits per heavy atom. The van der Waals surface area contributed by atoms with E-state index in [9.17, 15) is 0 Å². The number of hydrogen-bond acceptors (Lipinski definition) is 2. The summed E-state index contributed by atoms with van der Waals surface area (Å²) in [5, 5.41) is 0. The Balaban J connectivity index is 2.21. The van der Waals surface area contributed by atoms with E-state index in [0.717, 1.165) is 6.54 Å². The SMILES string of the molecule is CONCc1cccc2c1CCCC2. The van der Waals surface area contributed by atoms with Crippen molar-refractivity contribution in [2.24, 2.45) is 0 Å². The van der Waals surface area contributed by atoms with Crippen LogP contribution in [0.25, 0.3) is 0 Å². The zero-order valence-electron chi connectivity index (χ0n) is 8.68. The van der Waals surface area contributed by atoms with Crippen LogP contribution in [0, 0.1) is 0 Å². The molecule has 0 unspecified atom stereocenters. The van der Waals surface area contributed by atoms with E-state index in [1.54, 1.807) is 12.7 Å². The van der Waals surface area contributed by atoms with Gasteiger partial charge in [0.15, 0.2) is 0 Å². The number of nitrogens with one attached hydrogen (secondary N) is 1. The molecule has 0 radical (unpaired) electrons. The molecule has 14 heavy (non-hydrogen) atoms. The molecule has 0 aromatic heterocycles. The van der Waals surface area contributed by atoms with Crippen molar-refractivity contribution in [1.29, 1.82) is 0 Å². The van der Waals surface area contributed by atoms with Crippen molar-refractivity contribution < 1.29 is 4.84 Å². The van der Waals surface area contributed by atoms with Crippen molar-refractivity contribution >= 4 is 0 Å². The zero-order valence-corrected chi connectivity index (χ0v) is 8.68. The third kappa shape index (κ3) is 1.97. The van der Waals surface area contributed by atoms with Crippen LogP contribution < -0.4 is 5.48 Å². The molecular weight excluding hydrogens is 174 g/mol. The predicted octanol–water partition coefficient (Wildman–Crippen LogP) is 2.22. The Bertz CT molecular complexity index is 309. The average Bonchev–Trinajstić information content (AvgIpc) is 2.26. The lowest BCUT2D eigenvalue weighted by molar-refractivity contribution is 0.0865. The van der Waals surface area contributed by atoms with Crippen LogP contribution in [0.15, 0.2) is 18.2 Å². The summed E-state index contributed by atoms with van der Waals surface area (Å²) in [6.45, 7) is 0.819. The number of aryl methyl sites for hydroxylation is 1. The van der Waals surface area contributed by atoms with Gasteiger partial charge in [-0.15, -0.1) is 0 Å². The normalized spacial score (nSPS) is 15.2. The van der Waals surface area contributed by atoms with Gasteiger partial charge in [-0.05, 0) is 42.4 Å². The second-order valence-electron chi connectivity index (χ2n) is 3.79. The number of fused-ring (bicyclic) bond motifs is 1. The van der Waals surface area contributed by atoms with Crippen LogP contribution in [0.3, 0.4) is 0 Å². The second-order valence-corrected chi connectivity index (χ2v) is 3.79. The van der Waals surface area contributed by atoms with E-state index in [1.807, 2.05) is 0 Å². The highest BCUT2D eigenvalue weighted by Gasteiger charge is 2.11. The van der Waals surface area contributed by atoms with Crippen LogP contribution in [0.4, 0.5) is 0 Å². The van der Waals surface area contributed by atoms with Crippen molar-refractivity contribution in [3.8, 4) is 0 Å². The van der Waals surface area contributed by atoms with Crippen molar-refractivity contribution in [2.75, 3.05) is 7.11 Å².